The zero-order chi connectivity index (χ0) is 15.5. The lowest BCUT2D eigenvalue weighted by atomic mass is 10.0. The molecular formula is C13H19NO5S. The van der Waals surface area contributed by atoms with Crippen LogP contribution in [0.3, 0.4) is 0 Å². The topological polar surface area (TPSA) is 104 Å². The molecule has 0 radical (unpaired) electrons. The number of hydrogen-bond acceptors (Lipinski definition) is 4. The highest BCUT2D eigenvalue weighted by Gasteiger charge is 2.23. The highest BCUT2D eigenvalue weighted by Crippen LogP contribution is 2.22. The molecule has 20 heavy (non-hydrogen) atoms. The van der Waals surface area contributed by atoms with Crippen LogP contribution in [0, 0.1) is 5.92 Å². The molecule has 0 saturated carbocycles. The number of rotatable bonds is 6. The van der Waals surface area contributed by atoms with Gasteiger partial charge >= 0.3 is 5.97 Å². The third kappa shape index (κ3) is 3.71. The molecule has 1 aromatic rings. The van der Waals surface area contributed by atoms with Crippen molar-refractivity contribution in [3.05, 3.63) is 23.8 Å². The van der Waals surface area contributed by atoms with Gasteiger partial charge in [0, 0.05) is 6.04 Å². The highest BCUT2D eigenvalue weighted by molar-refractivity contribution is 7.89. The van der Waals surface area contributed by atoms with Crippen molar-refractivity contribution in [3.63, 3.8) is 0 Å². The van der Waals surface area contributed by atoms with E-state index < -0.39 is 27.3 Å². The van der Waals surface area contributed by atoms with Crippen LogP contribution in [0.15, 0.2) is 23.1 Å². The molecule has 0 heterocycles. The van der Waals surface area contributed by atoms with Crippen LogP contribution < -0.4 is 4.72 Å². The average Bonchev–Trinajstić information content (AvgIpc) is 2.35. The minimum absolute atomic E-state index is 0.117. The summed E-state index contributed by atoms with van der Waals surface area (Å²) in [5, 5.41) is 18.3. The molecule has 0 saturated heterocycles. The van der Waals surface area contributed by atoms with E-state index >= 15 is 0 Å². The van der Waals surface area contributed by atoms with Gasteiger partial charge in [-0.2, -0.15) is 0 Å². The molecule has 0 aliphatic rings. The van der Waals surface area contributed by atoms with Crippen molar-refractivity contribution in [1.82, 2.24) is 4.72 Å². The van der Waals surface area contributed by atoms with Crippen LogP contribution >= 0.6 is 0 Å². The minimum Gasteiger partial charge on any atom is -0.507 e. The molecule has 0 bridgehead atoms. The van der Waals surface area contributed by atoms with E-state index in [1.165, 1.54) is 6.07 Å². The van der Waals surface area contributed by atoms with Crippen LogP contribution in [0.5, 0.6) is 5.75 Å². The van der Waals surface area contributed by atoms with Gasteiger partial charge < -0.3 is 10.2 Å². The van der Waals surface area contributed by atoms with E-state index in [4.69, 9.17) is 5.11 Å². The Morgan fingerprint density at radius 2 is 1.95 bits per heavy atom. The van der Waals surface area contributed by atoms with Crippen LogP contribution in [0.4, 0.5) is 0 Å². The van der Waals surface area contributed by atoms with E-state index in [0.29, 0.717) is 6.42 Å². The molecule has 112 valence electrons. The first-order chi connectivity index (χ1) is 9.19. The van der Waals surface area contributed by atoms with Gasteiger partial charge in [-0.1, -0.05) is 20.8 Å². The van der Waals surface area contributed by atoms with Crippen molar-refractivity contribution < 1.29 is 23.4 Å². The van der Waals surface area contributed by atoms with Gasteiger partial charge in [-0.3, -0.25) is 0 Å². The van der Waals surface area contributed by atoms with E-state index in [9.17, 15) is 18.3 Å². The molecule has 1 aromatic carbocycles. The number of hydrogen-bond donors (Lipinski definition) is 3. The van der Waals surface area contributed by atoms with Crippen LogP contribution in [-0.2, 0) is 10.0 Å². The van der Waals surface area contributed by atoms with E-state index in [2.05, 4.69) is 4.72 Å². The largest absolute Gasteiger partial charge is 0.507 e. The second-order valence-electron chi connectivity index (χ2n) is 4.86. The second-order valence-corrected chi connectivity index (χ2v) is 6.58. The van der Waals surface area contributed by atoms with Crippen molar-refractivity contribution in [2.45, 2.75) is 38.1 Å². The number of carboxylic acid groups (broad SMARTS) is 1. The van der Waals surface area contributed by atoms with Gasteiger partial charge in [-0.05, 0) is 30.5 Å². The fourth-order valence-electron chi connectivity index (χ4n) is 1.81. The van der Waals surface area contributed by atoms with Crippen LogP contribution in [-0.4, -0.2) is 30.6 Å². The van der Waals surface area contributed by atoms with Crippen molar-refractivity contribution in [3.8, 4) is 5.75 Å². The summed E-state index contributed by atoms with van der Waals surface area (Å²) in [5.74, 6) is -1.73. The number of sulfonamides is 1. The Morgan fingerprint density at radius 1 is 1.35 bits per heavy atom. The highest BCUT2D eigenvalue weighted by atomic mass is 32.2. The number of carboxylic acids is 1. The number of carbonyl (C=O) groups is 1. The lowest BCUT2D eigenvalue weighted by Crippen LogP contribution is -2.38. The van der Waals surface area contributed by atoms with E-state index in [-0.39, 0.29) is 16.9 Å². The maximum Gasteiger partial charge on any atom is 0.339 e. The third-order valence-electron chi connectivity index (χ3n) is 3.06. The molecule has 3 N–H and O–H groups in total. The first-order valence-corrected chi connectivity index (χ1v) is 7.76. The zero-order valence-electron chi connectivity index (χ0n) is 11.6. The van der Waals surface area contributed by atoms with Gasteiger partial charge in [0.1, 0.15) is 11.3 Å². The van der Waals surface area contributed by atoms with Gasteiger partial charge in [-0.15, -0.1) is 0 Å². The molecule has 6 nitrogen and oxygen atoms in total. The summed E-state index contributed by atoms with van der Waals surface area (Å²) in [6.07, 6.45) is 0.626. The van der Waals surface area contributed by atoms with Gasteiger partial charge in [0.15, 0.2) is 0 Å². The van der Waals surface area contributed by atoms with E-state index in [1.54, 1.807) is 0 Å². The quantitative estimate of drug-likeness (QED) is 0.743. The van der Waals surface area contributed by atoms with Crippen LogP contribution in [0.2, 0.25) is 0 Å². The predicted molar refractivity (Wildman–Crippen MR) is 74.3 cm³/mol. The molecule has 1 unspecified atom stereocenters. The summed E-state index contributed by atoms with van der Waals surface area (Å²) in [7, 11) is -3.81. The van der Waals surface area contributed by atoms with Crippen molar-refractivity contribution in [1.29, 1.82) is 0 Å². The van der Waals surface area contributed by atoms with E-state index in [1.807, 2.05) is 20.8 Å². The van der Waals surface area contributed by atoms with Gasteiger partial charge in [0.05, 0.1) is 4.90 Å². The molecule has 0 spiro atoms. The first-order valence-electron chi connectivity index (χ1n) is 6.27. The van der Waals surface area contributed by atoms with Crippen molar-refractivity contribution >= 4 is 16.0 Å². The van der Waals surface area contributed by atoms with Crippen molar-refractivity contribution in [2.75, 3.05) is 0 Å². The van der Waals surface area contributed by atoms with E-state index in [0.717, 1.165) is 12.1 Å². The lowest BCUT2D eigenvalue weighted by Gasteiger charge is -2.20. The summed E-state index contributed by atoms with van der Waals surface area (Å²) < 4.78 is 27.0. The number of benzene rings is 1. The maximum atomic E-state index is 12.2. The van der Waals surface area contributed by atoms with Crippen LogP contribution in [0.1, 0.15) is 37.6 Å². The maximum absolute atomic E-state index is 12.2. The number of phenols is 1. The molecule has 0 aromatic heterocycles. The Morgan fingerprint density at radius 3 is 2.40 bits per heavy atom. The third-order valence-corrected chi connectivity index (χ3v) is 4.55. The zero-order valence-corrected chi connectivity index (χ0v) is 12.4. The molecule has 1 atom stereocenters. The normalized spacial score (nSPS) is 13.4. The predicted octanol–water partition coefficient (Wildman–Crippen LogP) is 1.80. The monoisotopic (exact) mass is 301 g/mol. The second kappa shape index (κ2) is 6.23. The summed E-state index contributed by atoms with van der Waals surface area (Å²) in [4.78, 5) is 10.7. The number of aromatic hydroxyl groups is 1. The summed E-state index contributed by atoms with van der Waals surface area (Å²) >= 11 is 0. The number of nitrogens with one attached hydrogen (secondary N) is 1. The fourth-order valence-corrected chi connectivity index (χ4v) is 3.31. The van der Waals surface area contributed by atoms with Gasteiger partial charge in [0.2, 0.25) is 10.0 Å². The summed E-state index contributed by atoms with van der Waals surface area (Å²) in [5.41, 5.74) is -0.439. The standard InChI is InChI=1S/C13H19NO5S/c1-4-11(8(2)3)14-20(18,19)9-5-6-12(15)10(7-9)13(16)17/h5-8,11,14-15H,4H2,1-3H3,(H,16,17). The molecule has 0 aliphatic heterocycles. The first kappa shape index (κ1) is 16.5. The Bertz CT molecular complexity index is 595. The Kier molecular flexibility index (Phi) is 5.13. The number of aromatic carboxylic acids is 1. The Hall–Kier alpha value is -1.60. The van der Waals surface area contributed by atoms with Gasteiger partial charge in [0.25, 0.3) is 0 Å². The van der Waals surface area contributed by atoms with Gasteiger partial charge in [-0.25, -0.2) is 17.9 Å². The fraction of sp³-hybridized carbons (Fsp3) is 0.462. The molecule has 7 heteroatoms. The molecular weight excluding hydrogens is 282 g/mol. The van der Waals surface area contributed by atoms with Crippen LogP contribution in [0.25, 0.3) is 0 Å². The summed E-state index contributed by atoms with van der Waals surface area (Å²) in [6.45, 7) is 5.67. The minimum atomic E-state index is -3.81. The Balaban J connectivity index is 3.16. The SMILES string of the molecule is CCC(NS(=O)(=O)c1ccc(O)c(C(=O)O)c1)C(C)C. The lowest BCUT2D eigenvalue weighted by molar-refractivity contribution is 0.0693. The molecule has 0 fully saturated rings. The molecule has 0 aliphatic carbocycles. The smallest absolute Gasteiger partial charge is 0.339 e. The average molecular weight is 301 g/mol. The molecule has 0 amide bonds. The van der Waals surface area contributed by atoms with Crippen molar-refractivity contribution in [2.24, 2.45) is 5.92 Å². The Labute approximate surface area is 118 Å². The molecule has 1 rings (SSSR count). The summed E-state index contributed by atoms with van der Waals surface area (Å²) in [6, 6.07) is 2.96.